The first-order valence-corrected chi connectivity index (χ1v) is 10.1. The number of nitrogens with one attached hydrogen (secondary N) is 2. The van der Waals surface area contributed by atoms with E-state index >= 15 is 0 Å². The highest BCUT2D eigenvalue weighted by molar-refractivity contribution is 6.03. The van der Waals surface area contributed by atoms with Crippen LogP contribution in [0.4, 0.5) is 4.79 Å². The Balaban J connectivity index is 2.31. The number of amides is 2. The van der Waals surface area contributed by atoms with Gasteiger partial charge in [-0.3, -0.25) is 9.59 Å². The average molecular weight is 440 g/mol. The van der Waals surface area contributed by atoms with Gasteiger partial charge in [0.25, 0.3) is 0 Å². The summed E-state index contributed by atoms with van der Waals surface area (Å²) in [4.78, 5) is 48.5. The number of carboxylic acids is 1. The van der Waals surface area contributed by atoms with Crippen LogP contribution in [0.15, 0.2) is 54.6 Å². The van der Waals surface area contributed by atoms with Gasteiger partial charge in [0, 0.05) is 13.5 Å². The van der Waals surface area contributed by atoms with Crippen molar-refractivity contribution in [3.8, 4) is 0 Å². The Labute approximate surface area is 187 Å². The minimum absolute atomic E-state index is 0.145. The lowest BCUT2D eigenvalue weighted by molar-refractivity contribution is -0.144. The fourth-order valence-corrected chi connectivity index (χ4v) is 3.27. The van der Waals surface area contributed by atoms with Crippen LogP contribution in [0, 0.1) is 0 Å². The molecule has 170 valence electrons. The summed E-state index contributed by atoms with van der Waals surface area (Å²) in [6.07, 6.45) is -0.166. The van der Waals surface area contributed by atoms with Crippen molar-refractivity contribution in [3.63, 3.8) is 0 Å². The summed E-state index contributed by atoms with van der Waals surface area (Å²) < 4.78 is 5.22. The van der Waals surface area contributed by atoms with Crippen molar-refractivity contribution < 1.29 is 29.0 Å². The predicted octanol–water partition coefficient (Wildman–Crippen LogP) is 2.44. The van der Waals surface area contributed by atoms with Gasteiger partial charge in [0.15, 0.2) is 5.41 Å². The van der Waals surface area contributed by atoms with Crippen LogP contribution < -0.4 is 10.6 Å². The molecule has 2 aromatic carbocycles. The minimum atomic E-state index is -1.85. The smallest absolute Gasteiger partial charge is 0.408 e. The van der Waals surface area contributed by atoms with E-state index in [2.05, 4.69) is 10.6 Å². The number of carbonyl (C=O) groups excluding carboxylic acids is 3. The molecule has 0 heterocycles. The lowest BCUT2D eigenvalue weighted by Gasteiger charge is -2.25. The van der Waals surface area contributed by atoms with Crippen molar-refractivity contribution in [1.82, 2.24) is 10.6 Å². The zero-order chi connectivity index (χ0) is 23.9. The van der Waals surface area contributed by atoms with Gasteiger partial charge in [-0.25, -0.2) is 4.79 Å². The maximum atomic E-state index is 12.3. The molecule has 0 aliphatic heterocycles. The summed E-state index contributed by atoms with van der Waals surface area (Å²) >= 11 is 0. The van der Waals surface area contributed by atoms with Gasteiger partial charge in [-0.1, -0.05) is 54.6 Å². The molecule has 3 N–H and O–H groups in total. The number of hydrogen-bond donors (Lipinski definition) is 3. The van der Waals surface area contributed by atoms with Crippen LogP contribution in [-0.4, -0.2) is 48.1 Å². The topological polar surface area (TPSA) is 122 Å². The zero-order valence-corrected chi connectivity index (χ0v) is 18.5. The molecule has 32 heavy (non-hydrogen) atoms. The van der Waals surface area contributed by atoms with Gasteiger partial charge in [-0.2, -0.15) is 0 Å². The fourth-order valence-electron chi connectivity index (χ4n) is 3.27. The molecule has 8 nitrogen and oxygen atoms in total. The van der Waals surface area contributed by atoms with E-state index in [0.717, 1.165) is 0 Å². The van der Waals surface area contributed by atoms with Crippen LogP contribution in [0.25, 0.3) is 0 Å². The summed E-state index contributed by atoms with van der Waals surface area (Å²) in [5.41, 5.74) is -1.28. The number of carboxylic acid groups (broad SMARTS) is 1. The molecular weight excluding hydrogens is 412 g/mol. The summed E-state index contributed by atoms with van der Waals surface area (Å²) in [6, 6.07) is 13.7. The van der Waals surface area contributed by atoms with Gasteiger partial charge in [0.2, 0.25) is 5.91 Å². The number of likely N-dealkylation sites (N-methyl/N-ethyl adjacent to an activating group) is 1. The molecule has 0 aromatic heterocycles. The molecule has 0 aliphatic rings. The maximum absolute atomic E-state index is 12.3. The third-order valence-electron chi connectivity index (χ3n) is 4.85. The molecule has 2 atom stereocenters. The van der Waals surface area contributed by atoms with Crippen LogP contribution in [0.2, 0.25) is 0 Å². The number of ether oxygens (including phenoxy) is 1. The Kier molecular flexibility index (Phi) is 7.75. The Hall–Kier alpha value is -3.68. The summed E-state index contributed by atoms with van der Waals surface area (Å²) in [5, 5.41) is 14.9. The van der Waals surface area contributed by atoms with E-state index in [1.54, 1.807) is 75.4 Å². The SMILES string of the molecule is CNC(=O)[C@H](Cc1ccc(C(C=O)(C(=O)O)c2ccccc2)cc1)NC(=O)OC(C)(C)C. The normalized spacial score (nSPS) is 13.9. The van der Waals surface area contributed by atoms with Gasteiger partial charge >= 0.3 is 12.1 Å². The van der Waals surface area contributed by atoms with Gasteiger partial charge in [0.05, 0.1) is 0 Å². The van der Waals surface area contributed by atoms with E-state index in [1.165, 1.54) is 7.05 Å². The van der Waals surface area contributed by atoms with Crippen molar-refractivity contribution in [3.05, 3.63) is 71.3 Å². The Morgan fingerprint density at radius 3 is 2.03 bits per heavy atom. The molecule has 1 unspecified atom stereocenters. The van der Waals surface area contributed by atoms with E-state index in [0.29, 0.717) is 17.4 Å². The average Bonchev–Trinajstić information content (AvgIpc) is 2.74. The number of carbonyl (C=O) groups is 4. The molecule has 0 fully saturated rings. The largest absolute Gasteiger partial charge is 0.480 e. The van der Waals surface area contributed by atoms with Gasteiger partial charge in [0.1, 0.15) is 17.9 Å². The highest BCUT2D eigenvalue weighted by Crippen LogP contribution is 2.31. The Bertz CT molecular complexity index is 966. The number of hydrogen-bond acceptors (Lipinski definition) is 5. The van der Waals surface area contributed by atoms with E-state index in [-0.39, 0.29) is 12.0 Å². The summed E-state index contributed by atoms with van der Waals surface area (Å²) in [7, 11) is 1.46. The molecule has 2 aromatic rings. The van der Waals surface area contributed by atoms with Crippen molar-refractivity contribution in [2.24, 2.45) is 0 Å². The predicted molar refractivity (Wildman–Crippen MR) is 118 cm³/mol. The van der Waals surface area contributed by atoms with Crippen LogP contribution >= 0.6 is 0 Å². The quantitative estimate of drug-likeness (QED) is 0.428. The fraction of sp³-hybridized carbons (Fsp3) is 0.333. The third kappa shape index (κ3) is 5.72. The standard InChI is InChI=1S/C24H28N2O6/c1-23(2,3)32-22(31)26-19(20(28)25-4)14-16-10-12-18(13-11-16)24(15-27,21(29)30)17-8-6-5-7-9-17/h5-13,15,19H,14H2,1-4H3,(H,25,28)(H,26,31)(H,29,30)/t19-,24?/m0/s1. The monoisotopic (exact) mass is 440 g/mol. The Morgan fingerprint density at radius 1 is 1.00 bits per heavy atom. The highest BCUT2D eigenvalue weighted by Gasteiger charge is 2.42. The second-order valence-corrected chi connectivity index (χ2v) is 8.31. The number of benzene rings is 2. The number of rotatable bonds is 8. The first-order chi connectivity index (χ1) is 15.0. The molecule has 0 aliphatic carbocycles. The first-order valence-electron chi connectivity index (χ1n) is 10.1. The lowest BCUT2D eigenvalue weighted by Crippen LogP contribution is -2.48. The van der Waals surface area contributed by atoms with Crippen molar-refractivity contribution in [2.75, 3.05) is 7.05 Å². The number of aliphatic carboxylic acids is 1. The van der Waals surface area contributed by atoms with E-state index in [1.807, 2.05) is 0 Å². The molecular formula is C24H28N2O6. The van der Waals surface area contributed by atoms with Crippen LogP contribution in [0.5, 0.6) is 0 Å². The Morgan fingerprint density at radius 2 is 1.56 bits per heavy atom. The second-order valence-electron chi connectivity index (χ2n) is 8.31. The third-order valence-corrected chi connectivity index (χ3v) is 4.85. The summed E-state index contributed by atoms with van der Waals surface area (Å²) in [5.74, 6) is -1.70. The van der Waals surface area contributed by atoms with Gasteiger partial charge in [-0.05, 0) is 37.5 Å². The molecule has 0 bridgehead atoms. The molecule has 2 rings (SSSR count). The van der Waals surface area contributed by atoms with Gasteiger partial charge in [-0.15, -0.1) is 0 Å². The highest BCUT2D eigenvalue weighted by atomic mass is 16.6. The molecule has 0 saturated carbocycles. The minimum Gasteiger partial charge on any atom is -0.480 e. The van der Waals surface area contributed by atoms with E-state index in [4.69, 9.17) is 4.74 Å². The van der Waals surface area contributed by atoms with E-state index < -0.39 is 35.0 Å². The van der Waals surface area contributed by atoms with Crippen LogP contribution in [0.1, 0.15) is 37.5 Å². The first kappa shape index (κ1) is 24.6. The van der Waals surface area contributed by atoms with Crippen molar-refractivity contribution in [1.29, 1.82) is 0 Å². The molecule has 0 spiro atoms. The number of alkyl carbamates (subject to hydrolysis) is 1. The van der Waals surface area contributed by atoms with E-state index in [9.17, 15) is 24.3 Å². The van der Waals surface area contributed by atoms with Crippen LogP contribution in [0.3, 0.4) is 0 Å². The second kappa shape index (κ2) is 10.1. The molecule has 8 heteroatoms. The van der Waals surface area contributed by atoms with Gasteiger partial charge < -0.3 is 25.3 Å². The van der Waals surface area contributed by atoms with Crippen molar-refractivity contribution in [2.45, 2.75) is 44.2 Å². The lowest BCUT2D eigenvalue weighted by atomic mass is 9.75. The molecule has 0 saturated heterocycles. The number of aldehydes is 1. The molecule has 2 amide bonds. The zero-order valence-electron chi connectivity index (χ0n) is 18.5. The summed E-state index contributed by atoms with van der Waals surface area (Å²) in [6.45, 7) is 5.15. The maximum Gasteiger partial charge on any atom is 0.408 e. The molecule has 0 radical (unpaired) electrons. The van der Waals surface area contributed by atoms with Crippen molar-refractivity contribution >= 4 is 24.3 Å². The van der Waals surface area contributed by atoms with Crippen LogP contribution in [-0.2, 0) is 31.0 Å².